The average Bonchev–Trinajstić information content (AvgIpc) is 2.91. The third kappa shape index (κ3) is 35.4. The van der Waals surface area contributed by atoms with E-state index in [1.54, 1.807) is 7.11 Å². The molecule has 0 aliphatic rings. The monoisotopic (exact) mass is 536 g/mol. The summed E-state index contributed by atoms with van der Waals surface area (Å²) < 4.78 is 48.6. The van der Waals surface area contributed by atoms with Gasteiger partial charge in [0.25, 0.3) is 0 Å². The van der Waals surface area contributed by atoms with Gasteiger partial charge in [-0.15, -0.1) is 6.58 Å². The minimum atomic E-state index is 0.539. The molecule has 37 heavy (non-hydrogen) atoms. The molecule has 0 fully saturated rings. The van der Waals surface area contributed by atoms with Crippen molar-refractivity contribution in [2.75, 3.05) is 119 Å². The highest BCUT2D eigenvalue weighted by molar-refractivity contribution is 4.65. The molecule has 0 saturated heterocycles. The predicted molar refractivity (Wildman–Crippen MR) is 146 cm³/mol. The Bertz CT molecular complexity index is 413. The fraction of sp³-hybridized carbons (Fsp3) is 0.929. The number of allylic oxidation sites excluding steroid dienone is 1. The molecule has 0 saturated carbocycles. The minimum absolute atomic E-state index is 0.539. The third-order valence-corrected chi connectivity index (χ3v) is 5.23. The first-order chi connectivity index (χ1) is 18.4. The van der Waals surface area contributed by atoms with Crippen molar-refractivity contribution in [2.24, 2.45) is 0 Å². The van der Waals surface area contributed by atoms with Crippen molar-refractivity contribution in [1.82, 2.24) is 0 Å². The highest BCUT2D eigenvalue weighted by Gasteiger charge is 1.96. The van der Waals surface area contributed by atoms with Gasteiger partial charge in [-0.25, -0.2) is 0 Å². The number of unbranched alkanes of at least 4 members (excludes halogenated alkanes) is 7. The highest BCUT2D eigenvalue weighted by Crippen LogP contribution is 2.08. The minimum Gasteiger partial charge on any atom is -0.382 e. The van der Waals surface area contributed by atoms with E-state index in [2.05, 4.69) is 6.58 Å². The van der Waals surface area contributed by atoms with Crippen molar-refractivity contribution in [3.05, 3.63) is 12.7 Å². The van der Waals surface area contributed by atoms with Crippen LogP contribution in [0.3, 0.4) is 0 Å². The molecule has 222 valence electrons. The van der Waals surface area contributed by atoms with Crippen molar-refractivity contribution < 1.29 is 42.6 Å². The van der Waals surface area contributed by atoms with E-state index in [9.17, 15) is 0 Å². The van der Waals surface area contributed by atoms with E-state index >= 15 is 0 Å². The molecule has 0 aliphatic carbocycles. The maximum atomic E-state index is 5.61. The molecule has 9 nitrogen and oxygen atoms in total. The van der Waals surface area contributed by atoms with E-state index in [0.29, 0.717) is 106 Å². The van der Waals surface area contributed by atoms with E-state index < -0.39 is 0 Å². The zero-order chi connectivity index (χ0) is 26.7. The molecular formula is C28H56O9. The number of rotatable bonds is 34. The van der Waals surface area contributed by atoms with Gasteiger partial charge >= 0.3 is 0 Å². The van der Waals surface area contributed by atoms with Gasteiger partial charge in [0.1, 0.15) is 0 Å². The van der Waals surface area contributed by atoms with Crippen LogP contribution in [0.5, 0.6) is 0 Å². The lowest BCUT2D eigenvalue weighted by molar-refractivity contribution is -0.0243. The largest absolute Gasteiger partial charge is 0.382 e. The van der Waals surface area contributed by atoms with Gasteiger partial charge in [-0.05, 0) is 19.3 Å². The smallest absolute Gasteiger partial charge is 0.0701 e. The summed E-state index contributed by atoms with van der Waals surface area (Å²) in [6, 6.07) is 0. The molecule has 0 radical (unpaired) electrons. The van der Waals surface area contributed by atoms with Gasteiger partial charge in [-0.3, -0.25) is 0 Å². The molecule has 0 amide bonds. The Hall–Kier alpha value is -0.620. The lowest BCUT2D eigenvalue weighted by Crippen LogP contribution is -2.15. The summed E-state index contributed by atoms with van der Waals surface area (Å²) in [6.07, 6.45) is 12.1. The molecule has 0 aromatic carbocycles. The molecule has 0 rings (SSSR count). The Balaban J connectivity index is 3.01. The molecule has 0 N–H and O–H groups in total. The topological polar surface area (TPSA) is 83.1 Å². The zero-order valence-electron chi connectivity index (χ0n) is 23.6. The molecule has 0 spiro atoms. The Morgan fingerprint density at radius 3 is 0.946 bits per heavy atom. The lowest BCUT2D eigenvalue weighted by Gasteiger charge is -2.08. The van der Waals surface area contributed by atoms with E-state index in [1.807, 2.05) is 6.08 Å². The molecule has 0 unspecified atom stereocenters. The normalized spacial score (nSPS) is 11.4. The first-order valence-electron chi connectivity index (χ1n) is 14.1. The standard InChI is InChI=1S/C28H56O9/c1-3-4-5-6-7-8-9-10-11-12-30-15-16-32-19-20-34-23-24-36-27-28-37-26-25-35-22-21-33-18-17-31-14-13-29-2/h3H,1,4-28H2,2H3. The number of hydrogen-bond donors (Lipinski definition) is 0. The fourth-order valence-electron chi connectivity index (χ4n) is 3.16. The van der Waals surface area contributed by atoms with Gasteiger partial charge in [-0.1, -0.05) is 38.2 Å². The van der Waals surface area contributed by atoms with Crippen LogP contribution >= 0.6 is 0 Å². The fourth-order valence-corrected chi connectivity index (χ4v) is 3.16. The molecule has 0 atom stereocenters. The van der Waals surface area contributed by atoms with E-state index in [1.165, 1.54) is 38.5 Å². The van der Waals surface area contributed by atoms with Crippen LogP contribution in [-0.2, 0) is 42.6 Å². The van der Waals surface area contributed by atoms with E-state index in [4.69, 9.17) is 42.6 Å². The second-order valence-electron chi connectivity index (χ2n) is 8.44. The summed E-state index contributed by atoms with van der Waals surface area (Å²) in [5, 5.41) is 0. The Labute approximate surface area is 226 Å². The van der Waals surface area contributed by atoms with Gasteiger partial charge < -0.3 is 42.6 Å². The van der Waals surface area contributed by atoms with Crippen LogP contribution in [0.25, 0.3) is 0 Å². The third-order valence-electron chi connectivity index (χ3n) is 5.23. The van der Waals surface area contributed by atoms with Crippen molar-refractivity contribution >= 4 is 0 Å². The Kier molecular flexibility index (Phi) is 34.8. The first-order valence-corrected chi connectivity index (χ1v) is 14.1. The van der Waals surface area contributed by atoms with E-state index in [0.717, 1.165) is 19.4 Å². The molecule has 0 aromatic rings. The van der Waals surface area contributed by atoms with Crippen molar-refractivity contribution in [2.45, 2.75) is 51.4 Å². The maximum Gasteiger partial charge on any atom is 0.0701 e. The van der Waals surface area contributed by atoms with Crippen LogP contribution in [0.1, 0.15) is 51.4 Å². The van der Waals surface area contributed by atoms with Crippen LogP contribution in [0.15, 0.2) is 12.7 Å². The second-order valence-corrected chi connectivity index (χ2v) is 8.44. The molecule has 0 aromatic heterocycles. The summed E-state index contributed by atoms with van der Waals surface area (Å²) in [7, 11) is 1.65. The Morgan fingerprint density at radius 1 is 0.351 bits per heavy atom. The average molecular weight is 537 g/mol. The van der Waals surface area contributed by atoms with Crippen molar-refractivity contribution in [3.63, 3.8) is 0 Å². The quantitative estimate of drug-likeness (QED) is 0.0893. The lowest BCUT2D eigenvalue weighted by atomic mass is 10.1. The highest BCUT2D eigenvalue weighted by atomic mass is 16.6. The first kappa shape index (κ1) is 36.4. The predicted octanol–water partition coefficient (Wildman–Crippen LogP) is 4.07. The second kappa shape index (κ2) is 35.4. The van der Waals surface area contributed by atoms with E-state index in [-0.39, 0.29) is 0 Å². The summed E-state index contributed by atoms with van der Waals surface area (Å²) >= 11 is 0. The van der Waals surface area contributed by atoms with Crippen molar-refractivity contribution in [3.8, 4) is 0 Å². The van der Waals surface area contributed by atoms with Gasteiger partial charge in [0, 0.05) is 13.7 Å². The summed E-state index contributed by atoms with van der Waals surface area (Å²) in [5.41, 5.74) is 0. The summed E-state index contributed by atoms with van der Waals surface area (Å²) in [5.74, 6) is 0. The number of ether oxygens (including phenoxy) is 9. The molecule has 0 heterocycles. The van der Waals surface area contributed by atoms with Crippen LogP contribution in [0, 0.1) is 0 Å². The van der Waals surface area contributed by atoms with Gasteiger partial charge in [0.15, 0.2) is 0 Å². The SMILES string of the molecule is C=CCCCCCCCCCOCCOCCOCCOCCOCCOCCOCCOCCOC. The molecular weight excluding hydrogens is 480 g/mol. The molecule has 9 heteroatoms. The number of hydrogen-bond acceptors (Lipinski definition) is 9. The number of methoxy groups -OCH3 is 1. The summed E-state index contributed by atoms with van der Waals surface area (Å²) in [4.78, 5) is 0. The van der Waals surface area contributed by atoms with Crippen LogP contribution in [-0.4, -0.2) is 119 Å². The van der Waals surface area contributed by atoms with Gasteiger partial charge in [-0.2, -0.15) is 0 Å². The zero-order valence-corrected chi connectivity index (χ0v) is 23.6. The van der Waals surface area contributed by atoms with Crippen LogP contribution in [0.2, 0.25) is 0 Å². The van der Waals surface area contributed by atoms with Crippen molar-refractivity contribution in [1.29, 1.82) is 0 Å². The van der Waals surface area contributed by atoms with Crippen LogP contribution < -0.4 is 0 Å². The maximum absolute atomic E-state index is 5.61. The van der Waals surface area contributed by atoms with Gasteiger partial charge in [0.05, 0.1) is 106 Å². The molecule has 0 aliphatic heterocycles. The Morgan fingerprint density at radius 2 is 0.622 bits per heavy atom. The molecule has 0 bridgehead atoms. The van der Waals surface area contributed by atoms with Crippen LogP contribution in [0.4, 0.5) is 0 Å². The summed E-state index contributed by atoms with van der Waals surface area (Å²) in [6.45, 7) is 13.7. The van der Waals surface area contributed by atoms with Gasteiger partial charge in [0.2, 0.25) is 0 Å².